The van der Waals surface area contributed by atoms with Gasteiger partial charge in [-0.25, -0.2) is 9.18 Å². The molecule has 24 heavy (non-hydrogen) atoms. The lowest BCUT2D eigenvalue weighted by atomic mass is 10.1. The fraction of sp³-hybridized carbons (Fsp3) is 0.562. The molecule has 2 rings (SSSR count). The number of hydrogen-bond donors (Lipinski definition) is 1. The second-order valence-corrected chi connectivity index (χ2v) is 6.78. The summed E-state index contributed by atoms with van der Waals surface area (Å²) < 4.78 is 56.4. The number of carbonyl (C=O) groups is 1. The first-order valence-corrected chi connectivity index (χ1v) is 7.52. The molecule has 1 aromatic carbocycles. The third-order valence-corrected chi connectivity index (χ3v) is 3.46. The maximum absolute atomic E-state index is 13.2. The monoisotopic (exact) mass is 348 g/mol. The van der Waals surface area contributed by atoms with Crippen LogP contribution in [0.1, 0.15) is 31.9 Å². The van der Waals surface area contributed by atoms with Crippen molar-refractivity contribution in [3.63, 3.8) is 0 Å². The molecular formula is C16H20F4N2O2. The van der Waals surface area contributed by atoms with Crippen LogP contribution in [0.4, 0.5) is 22.4 Å². The maximum Gasteiger partial charge on any atom is 0.419 e. The number of carbonyl (C=O) groups excluding carboxylic acids is 1. The Hall–Kier alpha value is -1.83. The second kappa shape index (κ2) is 6.58. The van der Waals surface area contributed by atoms with Crippen LogP contribution in [0, 0.1) is 5.82 Å². The molecule has 1 N–H and O–H groups in total. The number of alkyl halides is 3. The molecule has 1 saturated heterocycles. The lowest BCUT2D eigenvalue weighted by Gasteiger charge is -2.40. The van der Waals surface area contributed by atoms with Gasteiger partial charge in [-0.3, -0.25) is 0 Å². The lowest BCUT2D eigenvalue weighted by molar-refractivity contribution is -0.140. The van der Waals surface area contributed by atoms with E-state index in [9.17, 15) is 22.4 Å². The van der Waals surface area contributed by atoms with E-state index in [2.05, 4.69) is 5.32 Å². The largest absolute Gasteiger partial charge is 0.444 e. The van der Waals surface area contributed by atoms with E-state index in [4.69, 9.17) is 4.74 Å². The zero-order valence-corrected chi connectivity index (χ0v) is 13.7. The molecule has 0 spiro atoms. The summed E-state index contributed by atoms with van der Waals surface area (Å²) in [5, 5.41) is 3.04. The highest BCUT2D eigenvalue weighted by atomic mass is 19.4. The summed E-state index contributed by atoms with van der Waals surface area (Å²) in [5.74, 6) is -1.29. The topological polar surface area (TPSA) is 41.6 Å². The molecule has 0 bridgehead atoms. The van der Waals surface area contributed by atoms with Crippen LogP contribution in [0.2, 0.25) is 0 Å². The smallest absolute Gasteiger partial charge is 0.419 e. The van der Waals surface area contributed by atoms with Crippen LogP contribution >= 0.6 is 0 Å². The maximum atomic E-state index is 13.2. The van der Waals surface area contributed by atoms with Crippen molar-refractivity contribution in [3.8, 4) is 0 Å². The Labute approximate surface area is 137 Å². The van der Waals surface area contributed by atoms with E-state index in [1.807, 2.05) is 0 Å². The Morgan fingerprint density at radius 1 is 1.29 bits per heavy atom. The Kier molecular flexibility index (Phi) is 5.08. The normalized spacial score (nSPS) is 16.0. The second-order valence-electron chi connectivity index (χ2n) is 6.78. The molecule has 1 aromatic rings. The Morgan fingerprint density at radius 2 is 1.92 bits per heavy atom. The summed E-state index contributed by atoms with van der Waals surface area (Å²) in [6, 6.07) is 2.89. The van der Waals surface area contributed by atoms with E-state index in [0.717, 1.165) is 12.1 Å². The van der Waals surface area contributed by atoms with Gasteiger partial charge in [0.1, 0.15) is 11.4 Å². The summed E-state index contributed by atoms with van der Waals surface area (Å²) in [7, 11) is 0. The lowest BCUT2D eigenvalue weighted by Crippen LogP contribution is -2.60. The summed E-state index contributed by atoms with van der Waals surface area (Å²) in [6.07, 6.45) is -5.13. The highest BCUT2D eigenvalue weighted by Crippen LogP contribution is 2.31. The SMILES string of the molecule is CC(C)(C)OC(=O)N1CC(NCc2ccc(F)c(C(F)(F)F)c2)C1. The van der Waals surface area contributed by atoms with E-state index in [0.29, 0.717) is 18.7 Å². The fourth-order valence-electron chi connectivity index (χ4n) is 2.25. The Bertz CT molecular complexity index is 605. The van der Waals surface area contributed by atoms with Crippen LogP contribution < -0.4 is 5.32 Å². The fourth-order valence-corrected chi connectivity index (χ4v) is 2.25. The molecule has 8 heteroatoms. The van der Waals surface area contributed by atoms with Crippen molar-refractivity contribution in [1.82, 2.24) is 10.2 Å². The molecule has 4 nitrogen and oxygen atoms in total. The first kappa shape index (κ1) is 18.5. The molecule has 0 aliphatic carbocycles. The minimum atomic E-state index is -4.72. The average molecular weight is 348 g/mol. The Balaban J connectivity index is 1.83. The van der Waals surface area contributed by atoms with Crippen LogP contribution in [0.15, 0.2) is 18.2 Å². The summed E-state index contributed by atoms with van der Waals surface area (Å²) >= 11 is 0. The van der Waals surface area contributed by atoms with E-state index >= 15 is 0 Å². The van der Waals surface area contributed by atoms with Gasteiger partial charge >= 0.3 is 12.3 Å². The number of nitrogens with one attached hydrogen (secondary N) is 1. The number of likely N-dealkylation sites (tertiary alicyclic amines) is 1. The third-order valence-electron chi connectivity index (χ3n) is 3.46. The highest BCUT2D eigenvalue weighted by Gasteiger charge is 2.35. The minimum Gasteiger partial charge on any atom is -0.444 e. The van der Waals surface area contributed by atoms with Gasteiger partial charge < -0.3 is 15.0 Å². The number of amides is 1. The van der Waals surface area contributed by atoms with Crippen molar-refractivity contribution in [2.24, 2.45) is 0 Å². The number of halogens is 4. The Morgan fingerprint density at radius 3 is 2.46 bits per heavy atom. The molecule has 1 heterocycles. The number of hydrogen-bond acceptors (Lipinski definition) is 3. The highest BCUT2D eigenvalue weighted by molar-refractivity contribution is 5.69. The molecule has 0 unspecified atom stereocenters. The minimum absolute atomic E-state index is 0.0306. The molecule has 0 aromatic heterocycles. The summed E-state index contributed by atoms with van der Waals surface area (Å²) in [6.45, 7) is 6.31. The van der Waals surface area contributed by atoms with Gasteiger partial charge in [-0.05, 0) is 38.5 Å². The predicted octanol–water partition coefficient (Wildman–Crippen LogP) is 3.55. The van der Waals surface area contributed by atoms with Gasteiger partial charge in [-0.2, -0.15) is 13.2 Å². The molecule has 134 valence electrons. The predicted molar refractivity (Wildman–Crippen MR) is 79.8 cm³/mol. The van der Waals surface area contributed by atoms with E-state index < -0.39 is 29.3 Å². The molecule has 1 aliphatic heterocycles. The van der Waals surface area contributed by atoms with Gasteiger partial charge in [-0.1, -0.05) is 6.07 Å². The molecule has 0 atom stereocenters. The molecular weight excluding hydrogens is 328 g/mol. The number of nitrogens with zero attached hydrogens (tertiary/aromatic N) is 1. The molecule has 1 amide bonds. The van der Waals surface area contributed by atoms with Crippen LogP contribution in [0.5, 0.6) is 0 Å². The molecule has 1 aliphatic rings. The van der Waals surface area contributed by atoms with Crippen LogP contribution in [0.25, 0.3) is 0 Å². The van der Waals surface area contributed by atoms with Gasteiger partial charge in [0.15, 0.2) is 0 Å². The van der Waals surface area contributed by atoms with Crippen molar-refractivity contribution < 1.29 is 27.1 Å². The van der Waals surface area contributed by atoms with Crippen molar-refractivity contribution >= 4 is 6.09 Å². The summed E-state index contributed by atoms with van der Waals surface area (Å²) in [5.41, 5.74) is -1.51. The van der Waals surface area contributed by atoms with Gasteiger partial charge in [0.2, 0.25) is 0 Å². The van der Waals surface area contributed by atoms with Crippen LogP contribution in [0.3, 0.4) is 0 Å². The molecule has 0 radical (unpaired) electrons. The third kappa shape index (κ3) is 4.83. The average Bonchev–Trinajstić information content (AvgIpc) is 2.35. The van der Waals surface area contributed by atoms with Gasteiger partial charge in [0.25, 0.3) is 0 Å². The van der Waals surface area contributed by atoms with Gasteiger partial charge in [-0.15, -0.1) is 0 Å². The number of benzene rings is 1. The zero-order valence-electron chi connectivity index (χ0n) is 13.7. The number of ether oxygens (including phenoxy) is 1. The quantitative estimate of drug-likeness (QED) is 0.850. The van der Waals surface area contributed by atoms with Crippen LogP contribution in [-0.4, -0.2) is 35.7 Å². The van der Waals surface area contributed by atoms with Crippen LogP contribution in [-0.2, 0) is 17.5 Å². The van der Waals surface area contributed by atoms with Crippen molar-refractivity contribution in [3.05, 3.63) is 35.1 Å². The van der Waals surface area contributed by atoms with Crippen molar-refractivity contribution in [1.29, 1.82) is 0 Å². The van der Waals surface area contributed by atoms with E-state index in [1.54, 1.807) is 20.8 Å². The first-order chi connectivity index (χ1) is 11.0. The molecule has 1 fully saturated rings. The zero-order chi connectivity index (χ0) is 18.1. The van der Waals surface area contributed by atoms with Gasteiger partial charge in [0.05, 0.1) is 5.56 Å². The van der Waals surface area contributed by atoms with Gasteiger partial charge in [0, 0.05) is 25.7 Å². The number of rotatable bonds is 3. The van der Waals surface area contributed by atoms with E-state index in [1.165, 1.54) is 11.0 Å². The standard InChI is InChI=1S/C16H20F4N2O2/c1-15(2,3)24-14(23)22-8-11(9-22)21-7-10-4-5-13(17)12(6-10)16(18,19)20/h4-6,11,21H,7-9H2,1-3H3. The molecule has 0 saturated carbocycles. The first-order valence-electron chi connectivity index (χ1n) is 7.52. The van der Waals surface area contributed by atoms with Crippen molar-refractivity contribution in [2.45, 2.75) is 45.1 Å². The van der Waals surface area contributed by atoms with Crippen molar-refractivity contribution in [2.75, 3.05) is 13.1 Å². The summed E-state index contributed by atoms with van der Waals surface area (Å²) in [4.78, 5) is 13.3. The van der Waals surface area contributed by atoms with E-state index in [-0.39, 0.29) is 12.6 Å².